The SMILES string of the molecule is Cc1cc(Cn2c(=S)[nH]c3ccc(F)c(F)c32)on1. The van der Waals surface area contributed by atoms with Crippen LogP contribution in [0.2, 0.25) is 0 Å². The molecule has 3 rings (SSSR count). The minimum Gasteiger partial charge on any atom is -0.359 e. The number of aromatic nitrogens is 3. The Kier molecular flexibility index (Phi) is 2.70. The first-order valence-corrected chi connectivity index (χ1v) is 5.96. The van der Waals surface area contributed by atoms with Gasteiger partial charge in [-0.25, -0.2) is 8.78 Å². The van der Waals surface area contributed by atoms with Crippen molar-refractivity contribution in [3.8, 4) is 0 Å². The van der Waals surface area contributed by atoms with Crippen molar-refractivity contribution < 1.29 is 13.3 Å². The van der Waals surface area contributed by atoms with Gasteiger partial charge in [0.15, 0.2) is 22.2 Å². The topological polar surface area (TPSA) is 46.8 Å². The molecule has 0 bridgehead atoms. The van der Waals surface area contributed by atoms with Crippen LogP contribution in [-0.2, 0) is 6.54 Å². The van der Waals surface area contributed by atoms with E-state index in [4.69, 9.17) is 16.7 Å². The van der Waals surface area contributed by atoms with E-state index in [9.17, 15) is 8.78 Å². The largest absolute Gasteiger partial charge is 0.359 e. The molecule has 2 aromatic heterocycles. The normalized spacial score (nSPS) is 11.3. The van der Waals surface area contributed by atoms with E-state index in [1.165, 1.54) is 10.6 Å². The molecule has 4 nitrogen and oxygen atoms in total. The van der Waals surface area contributed by atoms with Gasteiger partial charge in [-0.05, 0) is 31.3 Å². The first-order chi connectivity index (χ1) is 9.06. The highest BCUT2D eigenvalue weighted by Crippen LogP contribution is 2.21. The first kappa shape index (κ1) is 12.0. The van der Waals surface area contributed by atoms with Crippen LogP contribution in [0.3, 0.4) is 0 Å². The number of halogens is 2. The van der Waals surface area contributed by atoms with E-state index in [2.05, 4.69) is 10.1 Å². The fraction of sp³-hybridized carbons (Fsp3) is 0.167. The highest BCUT2D eigenvalue weighted by Gasteiger charge is 2.15. The zero-order chi connectivity index (χ0) is 13.6. The standard InChI is InChI=1S/C12H9F2N3OS/c1-6-4-7(18-16-6)5-17-11-9(15-12(17)19)3-2-8(13)10(11)14/h2-4H,5H2,1H3,(H,15,19). The Hall–Kier alpha value is -2.02. The third-order valence-electron chi connectivity index (χ3n) is 2.82. The number of nitrogens with one attached hydrogen (secondary N) is 1. The molecule has 0 radical (unpaired) electrons. The summed E-state index contributed by atoms with van der Waals surface area (Å²) < 4.78 is 34.0. The average Bonchev–Trinajstić information content (AvgIpc) is 2.90. The summed E-state index contributed by atoms with van der Waals surface area (Å²) in [4.78, 5) is 2.83. The van der Waals surface area contributed by atoms with Gasteiger partial charge in [0.25, 0.3) is 0 Å². The number of nitrogens with zero attached hydrogens (tertiary/aromatic N) is 2. The Balaban J connectivity index is 2.20. The molecule has 3 aromatic rings. The Labute approximate surface area is 111 Å². The molecule has 98 valence electrons. The van der Waals surface area contributed by atoms with Gasteiger partial charge >= 0.3 is 0 Å². The van der Waals surface area contributed by atoms with Gasteiger partial charge in [-0.1, -0.05) is 5.16 Å². The molecule has 0 unspecified atom stereocenters. The number of imidazole rings is 1. The van der Waals surface area contributed by atoms with Crippen molar-refractivity contribution in [2.75, 3.05) is 0 Å². The van der Waals surface area contributed by atoms with Crippen LogP contribution in [0.15, 0.2) is 22.7 Å². The molecule has 19 heavy (non-hydrogen) atoms. The summed E-state index contributed by atoms with van der Waals surface area (Å²) in [5.74, 6) is -1.32. The number of hydrogen-bond donors (Lipinski definition) is 1. The van der Waals surface area contributed by atoms with Crippen molar-refractivity contribution in [2.45, 2.75) is 13.5 Å². The molecular formula is C12H9F2N3OS. The lowest BCUT2D eigenvalue weighted by atomic mass is 10.3. The summed E-state index contributed by atoms with van der Waals surface area (Å²) in [5, 5.41) is 3.75. The summed E-state index contributed by atoms with van der Waals surface area (Å²) >= 11 is 5.12. The smallest absolute Gasteiger partial charge is 0.184 e. The van der Waals surface area contributed by atoms with Crippen molar-refractivity contribution in [1.82, 2.24) is 14.7 Å². The molecule has 0 saturated heterocycles. The Morgan fingerprint density at radius 1 is 1.42 bits per heavy atom. The van der Waals surface area contributed by atoms with Crippen LogP contribution in [-0.4, -0.2) is 14.7 Å². The number of rotatable bonds is 2. The highest BCUT2D eigenvalue weighted by molar-refractivity contribution is 7.71. The molecule has 0 spiro atoms. The van der Waals surface area contributed by atoms with Gasteiger partial charge < -0.3 is 14.1 Å². The molecule has 0 amide bonds. The molecule has 0 saturated carbocycles. The number of aromatic amines is 1. The van der Waals surface area contributed by atoms with Crippen molar-refractivity contribution in [2.24, 2.45) is 0 Å². The van der Waals surface area contributed by atoms with Crippen LogP contribution in [0.1, 0.15) is 11.5 Å². The lowest BCUT2D eigenvalue weighted by Gasteiger charge is -2.02. The van der Waals surface area contributed by atoms with Crippen LogP contribution in [0.25, 0.3) is 11.0 Å². The monoisotopic (exact) mass is 281 g/mol. The number of aryl methyl sites for hydroxylation is 1. The minimum absolute atomic E-state index is 0.0963. The van der Waals surface area contributed by atoms with Crippen LogP contribution in [0.5, 0.6) is 0 Å². The van der Waals surface area contributed by atoms with Gasteiger partial charge in [-0.3, -0.25) is 0 Å². The second-order valence-electron chi connectivity index (χ2n) is 4.21. The summed E-state index contributed by atoms with van der Waals surface area (Å²) in [7, 11) is 0. The molecule has 0 fully saturated rings. The van der Waals surface area contributed by atoms with Crippen molar-refractivity contribution in [1.29, 1.82) is 0 Å². The van der Waals surface area contributed by atoms with Gasteiger partial charge in [0, 0.05) is 6.07 Å². The van der Waals surface area contributed by atoms with Gasteiger partial charge in [0.05, 0.1) is 17.8 Å². The van der Waals surface area contributed by atoms with Crippen molar-refractivity contribution in [3.63, 3.8) is 0 Å². The van der Waals surface area contributed by atoms with Gasteiger partial charge in [-0.2, -0.15) is 0 Å². The fourth-order valence-corrected chi connectivity index (χ4v) is 2.25. The maximum absolute atomic E-state index is 13.9. The van der Waals surface area contributed by atoms with Crippen LogP contribution >= 0.6 is 12.2 Å². The molecule has 1 aromatic carbocycles. The summed E-state index contributed by atoms with van der Waals surface area (Å²) in [6, 6.07) is 4.23. The Bertz CT molecular complexity index is 818. The van der Waals surface area contributed by atoms with Crippen LogP contribution in [0, 0.1) is 23.3 Å². The highest BCUT2D eigenvalue weighted by atomic mass is 32.1. The van der Waals surface area contributed by atoms with E-state index in [0.717, 1.165) is 6.07 Å². The lowest BCUT2D eigenvalue weighted by Crippen LogP contribution is -2.01. The number of H-pyrrole nitrogens is 1. The van der Waals surface area contributed by atoms with E-state index < -0.39 is 11.6 Å². The predicted molar refractivity (Wildman–Crippen MR) is 67.4 cm³/mol. The maximum atomic E-state index is 13.9. The molecule has 0 atom stereocenters. The van der Waals surface area contributed by atoms with E-state index >= 15 is 0 Å². The van der Waals surface area contributed by atoms with E-state index in [0.29, 0.717) is 21.7 Å². The van der Waals surface area contributed by atoms with Gasteiger partial charge in [0.1, 0.15) is 5.52 Å². The third kappa shape index (κ3) is 1.95. The van der Waals surface area contributed by atoms with E-state index in [-0.39, 0.29) is 12.1 Å². The van der Waals surface area contributed by atoms with Crippen LogP contribution in [0.4, 0.5) is 8.78 Å². The summed E-state index contributed by atoms with van der Waals surface area (Å²) in [6.07, 6.45) is 0. The van der Waals surface area contributed by atoms with Crippen molar-refractivity contribution in [3.05, 3.63) is 46.1 Å². The quantitative estimate of drug-likeness (QED) is 0.733. The van der Waals surface area contributed by atoms with E-state index in [1.807, 2.05) is 0 Å². The average molecular weight is 281 g/mol. The zero-order valence-electron chi connectivity index (χ0n) is 9.91. The molecule has 2 heterocycles. The van der Waals surface area contributed by atoms with Crippen molar-refractivity contribution >= 4 is 23.3 Å². The maximum Gasteiger partial charge on any atom is 0.184 e. The van der Waals surface area contributed by atoms with E-state index in [1.54, 1.807) is 13.0 Å². The predicted octanol–water partition coefficient (Wildman–Crippen LogP) is 3.32. The number of hydrogen-bond acceptors (Lipinski definition) is 3. The molecule has 7 heteroatoms. The minimum atomic E-state index is -0.930. The first-order valence-electron chi connectivity index (χ1n) is 5.55. The van der Waals surface area contributed by atoms with Gasteiger partial charge in [0.2, 0.25) is 0 Å². The number of benzene rings is 1. The summed E-state index contributed by atoms with van der Waals surface area (Å²) in [6.45, 7) is 1.97. The second-order valence-corrected chi connectivity index (χ2v) is 4.60. The number of fused-ring (bicyclic) bond motifs is 1. The molecule has 0 aliphatic heterocycles. The second kappa shape index (κ2) is 4.27. The molecular weight excluding hydrogens is 272 g/mol. The Morgan fingerprint density at radius 3 is 2.89 bits per heavy atom. The molecule has 0 aliphatic carbocycles. The van der Waals surface area contributed by atoms with Crippen LogP contribution < -0.4 is 0 Å². The Morgan fingerprint density at radius 2 is 2.21 bits per heavy atom. The zero-order valence-corrected chi connectivity index (χ0v) is 10.7. The molecule has 1 N–H and O–H groups in total. The third-order valence-corrected chi connectivity index (χ3v) is 3.14. The lowest BCUT2D eigenvalue weighted by molar-refractivity contribution is 0.373. The summed E-state index contributed by atoms with van der Waals surface area (Å²) in [5.41, 5.74) is 1.26. The van der Waals surface area contributed by atoms with Gasteiger partial charge in [-0.15, -0.1) is 0 Å². The molecule has 0 aliphatic rings. The fourth-order valence-electron chi connectivity index (χ4n) is 1.99.